The predicted molar refractivity (Wildman–Crippen MR) is 88.9 cm³/mol. The summed E-state index contributed by atoms with van der Waals surface area (Å²) in [5, 5.41) is 21.4. The van der Waals surface area contributed by atoms with Crippen LogP contribution in [0.4, 0.5) is 0 Å². The van der Waals surface area contributed by atoms with E-state index in [0.717, 1.165) is 11.3 Å². The maximum Gasteiger partial charge on any atom is 0.244 e. The minimum atomic E-state index is -1.09. The molecule has 0 radical (unpaired) electrons. The van der Waals surface area contributed by atoms with E-state index in [2.05, 4.69) is 10.4 Å². The average Bonchev–Trinajstić information content (AvgIpc) is 3.06. The number of rotatable bonds is 5. The monoisotopic (exact) mass is 339 g/mol. The Hall–Kier alpha value is -1.63. The van der Waals surface area contributed by atoms with E-state index < -0.39 is 5.60 Å². The van der Waals surface area contributed by atoms with Crippen LogP contribution in [-0.2, 0) is 17.4 Å². The molecule has 1 amide bonds. The SMILES string of the molecule is Cc1nn(C)c(Cl)c1/C=C\C(=O)NC[C@@](C)(O)c1ccsc1. The molecular weight excluding hydrogens is 322 g/mol. The van der Waals surface area contributed by atoms with Crippen LogP contribution in [0.3, 0.4) is 0 Å². The van der Waals surface area contributed by atoms with Crippen molar-refractivity contribution in [2.24, 2.45) is 7.05 Å². The number of amides is 1. The Bertz CT molecular complexity index is 690. The molecule has 0 aliphatic heterocycles. The van der Waals surface area contributed by atoms with Crippen LogP contribution in [0, 0.1) is 6.92 Å². The molecule has 0 saturated heterocycles. The van der Waals surface area contributed by atoms with E-state index in [1.54, 1.807) is 24.7 Å². The van der Waals surface area contributed by atoms with Crippen molar-refractivity contribution in [3.05, 3.63) is 44.9 Å². The van der Waals surface area contributed by atoms with Crippen molar-refractivity contribution >= 4 is 34.9 Å². The van der Waals surface area contributed by atoms with Gasteiger partial charge >= 0.3 is 0 Å². The van der Waals surface area contributed by atoms with Crippen LogP contribution in [0.15, 0.2) is 22.9 Å². The first kappa shape index (κ1) is 16.7. The summed E-state index contributed by atoms with van der Waals surface area (Å²) in [5.41, 5.74) is 1.16. The summed E-state index contributed by atoms with van der Waals surface area (Å²) >= 11 is 7.60. The predicted octanol–water partition coefficient (Wildman–Crippen LogP) is 2.48. The van der Waals surface area contributed by atoms with Gasteiger partial charge in [0.05, 0.1) is 12.2 Å². The first-order chi connectivity index (χ1) is 10.3. The van der Waals surface area contributed by atoms with E-state index in [-0.39, 0.29) is 12.5 Å². The summed E-state index contributed by atoms with van der Waals surface area (Å²) in [6, 6.07) is 1.84. The number of nitrogens with zero attached hydrogens (tertiary/aromatic N) is 2. The normalized spacial score (nSPS) is 14.2. The van der Waals surface area contributed by atoms with Crippen molar-refractivity contribution in [3.8, 4) is 0 Å². The smallest absolute Gasteiger partial charge is 0.244 e. The lowest BCUT2D eigenvalue weighted by Gasteiger charge is -2.22. The highest BCUT2D eigenvalue weighted by Crippen LogP contribution is 2.22. The molecule has 7 heteroatoms. The molecule has 22 heavy (non-hydrogen) atoms. The third kappa shape index (κ3) is 3.76. The van der Waals surface area contributed by atoms with Crippen LogP contribution in [0.1, 0.15) is 23.7 Å². The highest BCUT2D eigenvalue weighted by molar-refractivity contribution is 7.08. The van der Waals surface area contributed by atoms with Gasteiger partial charge in [-0.05, 0) is 42.3 Å². The number of thiophene rings is 1. The van der Waals surface area contributed by atoms with Crippen molar-refractivity contribution in [2.45, 2.75) is 19.4 Å². The standard InChI is InChI=1S/C15H18ClN3O2S/c1-10-12(14(16)19(3)18-10)4-5-13(20)17-9-15(2,21)11-6-7-22-8-11/h4-8,21H,9H2,1-3H3,(H,17,20)/b5-4-/t15-/m1/s1. The Morgan fingerprint density at radius 1 is 1.64 bits per heavy atom. The Morgan fingerprint density at radius 2 is 2.36 bits per heavy atom. The Balaban J connectivity index is 1.97. The molecule has 0 aromatic carbocycles. The van der Waals surface area contributed by atoms with Gasteiger partial charge in [0.1, 0.15) is 10.8 Å². The maximum atomic E-state index is 11.9. The van der Waals surface area contributed by atoms with E-state index in [1.807, 2.05) is 23.8 Å². The second kappa shape index (κ2) is 6.64. The molecule has 0 unspecified atom stereocenters. The number of hydrogen-bond donors (Lipinski definition) is 2. The van der Waals surface area contributed by atoms with E-state index in [1.165, 1.54) is 17.4 Å². The number of halogens is 1. The summed E-state index contributed by atoms with van der Waals surface area (Å²) in [5.74, 6) is -0.296. The van der Waals surface area contributed by atoms with Crippen LogP contribution in [0.2, 0.25) is 5.15 Å². The Labute approximate surface area is 138 Å². The molecule has 2 rings (SSSR count). The molecule has 118 valence electrons. The molecule has 2 aromatic heterocycles. The number of carbonyl (C=O) groups is 1. The fourth-order valence-electron chi connectivity index (χ4n) is 1.99. The lowest BCUT2D eigenvalue weighted by Crippen LogP contribution is -2.37. The van der Waals surface area contributed by atoms with Crippen molar-refractivity contribution in [3.63, 3.8) is 0 Å². The zero-order chi connectivity index (χ0) is 16.3. The number of hydrogen-bond acceptors (Lipinski definition) is 4. The summed E-state index contributed by atoms with van der Waals surface area (Å²) in [6.07, 6.45) is 3.01. The van der Waals surface area contributed by atoms with Gasteiger partial charge in [-0.3, -0.25) is 9.48 Å². The van der Waals surface area contributed by atoms with E-state index in [0.29, 0.717) is 10.7 Å². The van der Waals surface area contributed by atoms with Crippen LogP contribution in [0.25, 0.3) is 6.08 Å². The summed E-state index contributed by atoms with van der Waals surface area (Å²) in [4.78, 5) is 11.9. The Kier molecular flexibility index (Phi) is 5.05. The van der Waals surface area contributed by atoms with E-state index in [9.17, 15) is 9.90 Å². The number of aliphatic hydroxyl groups is 1. The van der Waals surface area contributed by atoms with Gasteiger partial charge in [0.15, 0.2) is 0 Å². The van der Waals surface area contributed by atoms with Gasteiger partial charge in [0, 0.05) is 18.7 Å². The molecule has 5 nitrogen and oxygen atoms in total. The number of aryl methyl sites for hydroxylation is 2. The van der Waals surface area contributed by atoms with Gasteiger partial charge in [-0.25, -0.2) is 0 Å². The summed E-state index contributed by atoms with van der Waals surface area (Å²) in [7, 11) is 1.74. The van der Waals surface area contributed by atoms with Gasteiger partial charge in [0.2, 0.25) is 5.91 Å². The van der Waals surface area contributed by atoms with Crippen LogP contribution < -0.4 is 5.32 Å². The molecule has 2 aromatic rings. The third-order valence-electron chi connectivity index (χ3n) is 3.35. The van der Waals surface area contributed by atoms with Gasteiger partial charge in [-0.15, -0.1) is 0 Å². The summed E-state index contributed by atoms with van der Waals surface area (Å²) < 4.78 is 1.55. The zero-order valence-electron chi connectivity index (χ0n) is 12.6. The van der Waals surface area contributed by atoms with Crippen molar-refractivity contribution < 1.29 is 9.90 Å². The lowest BCUT2D eigenvalue weighted by atomic mass is 9.99. The van der Waals surface area contributed by atoms with Crippen molar-refractivity contribution in [2.75, 3.05) is 6.54 Å². The summed E-state index contributed by atoms with van der Waals surface area (Å²) in [6.45, 7) is 3.62. The average molecular weight is 340 g/mol. The minimum Gasteiger partial charge on any atom is -0.384 e. The number of carbonyl (C=O) groups excluding carboxylic acids is 1. The molecule has 0 aliphatic carbocycles. The molecule has 0 spiro atoms. The first-order valence-corrected chi connectivity index (χ1v) is 8.03. The van der Waals surface area contributed by atoms with E-state index >= 15 is 0 Å². The topological polar surface area (TPSA) is 67.2 Å². The third-order valence-corrected chi connectivity index (χ3v) is 4.48. The second-order valence-corrected chi connectivity index (χ2v) is 6.39. The largest absolute Gasteiger partial charge is 0.384 e. The fraction of sp³-hybridized carbons (Fsp3) is 0.333. The highest BCUT2D eigenvalue weighted by atomic mass is 35.5. The second-order valence-electron chi connectivity index (χ2n) is 5.25. The van der Waals surface area contributed by atoms with Crippen molar-refractivity contribution in [1.29, 1.82) is 0 Å². The van der Waals surface area contributed by atoms with Gasteiger partial charge < -0.3 is 10.4 Å². The number of aromatic nitrogens is 2. The van der Waals surface area contributed by atoms with Crippen LogP contribution >= 0.6 is 22.9 Å². The molecule has 1 atom stereocenters. The zero-order valence-corrected chi connectivity index (χ0v) is 14.2. The van der Waals surface area contributed by atoms with E-state index in [4.69, 9.17) is 11.6 Å². The van der Waals surface area contributed by atoms with Crippen molar-refractivity contribution in [1.82, 2.24) is 15.1 Å². The minimum absolute atomic E-state index is 0.132. The molecule has 0 aliphatic rings. The molecule has 2 heterocycles. The fourth-order valence-corrected chi connectivity index (χ4v) is 3.01. The van der Waals surface area contributed by atoms with Gasteiger partial charge in [0.25, 0.3) is 0 Å². The van der Waals surface area contributed by atoms with Crippen LogP contribution in [0.5, 0.6) is 0 Å². The highest BCUT2D eigenvalue weighted by Gasteiger charge is 2.23. The quantitative estimate of drug-likeness (QED) is 0.822. The molecule has 2 N–H and O–H groups in total. The number of nitrogens with one attached hydrogen (secondary N) is 1. The van der Waals surface area contributed by atoms with Gasteiger partial charge in [-0.1, -0.05) is 11.6 Å². The lowest BCUT2D eigenvalue weighted by molar-refractivity contribution is -0.117. The molecule has 0 bridgehead atoms. The molecule has 0 saturated carbocycles. The van der Waals surface area contributed by atoms with Gasteiger partial charge in [-0.2, -0.15) is 16.4 Å². The van der Waals surface area contributed by atoms with Crippen LogP contribution in [-0.4, -0.2) is 27.3 Å². The first-order valence-electron chi connectivity index (χ1n) is 6.71. The molecule has 0 fully saturated rings. The Morgan fingerprint density at radius 3 is 2.91 bits per heavy atom. The maximum absolute atomic E-state index is 11.9. The molecular formula is C15H18ClN3O2S.